The Morgan fingerprint density at radius 1 is 1.29 bits per heavy atom. The first-order valence-electron chi connectivity index (χ1n) is 7.45. The second-order valence-corrected chi connectivity index (χ2v) is 5.42. The van der Waals surface area contributed by atoms with Crippen LogP contribution in [0.2, 0.25) is 0 Å². The first kappa shape index (κ1) is 16.0. The molecule has 1 unspecified atom stereocenters. The van der Waals surface area contributed by atoms with E-state index in [2.05, 4.69) is 5.16 Å². The van der Waals surface area contributed by atoms with Crippen LogP contribution >= 0.6 is 0 Å². The highest BCUT2D eigenvalue weighted by atomic mass is 19.1. The number of ether oxygens (including phenoxy) is 2. The molecule has 0 aromatic heterocycles. The maximum Gasteiger partial charge on any atom is 0.365 e. The number of fused-ring (bicyclic) bond motifs is 1. The first-order chi connectivity index (χ1) is 11.6. The topological polar surface area (TPSA) is 57.1 Å². The Labute approximate surface area is 138 Å². The number of carbonyl (C=O) groups is 1. The molecule has 0 bridgehead atoms. The van der Waals surface area contributed by atoms with Gasteiger partial charge in [0.1, 0.15) is 23.4 Å². The summed E-state index contributed by atoms with van der Waals surface area (Å²) in [6, 6.07) is 10.6. The van der Waals surface area contributed by atoms with E-state index in [9.17, 15) is 9.18 Å². The molecule has 3 rings (SSSR count). The maximum absolute atomic E-state index is 13.2. The van der Waals surface area contributed by atoms with E-state index in [1.54, 1.807) is 25.3 Å². The van der Waals surface area contributed by atoms with Crippen molar-refractivity contribution in [3.05, 3.63) is 59.4 Å². The van der Waals surface area contributed by atoms with Crippen LogP contribution in [0, 0.1) is 5.82 Å². The molecule has 24 heavy (non-hydrogen) atoms. The van der Waals surface area contributed by atoms with Crippen molar-refractivity contribution in [2.24, 2.45) is 5.16 Å². The van der Waals surface area contributed by atoms with Crippen LogP contribution in [0.3, 0.4) is 0 Å². The molecule has 0 radical (unpaired) electrons. The zero-order valence-corrected chi connectivity index (χ0v) is 13.3. The van der Waals surface area contributed by atoms with Gasteiger partial charge in [-0.3, -0.25) is 0 Å². The van der Waals surface area contributed by atoms with Crippen molar-refractivity contribution in [1.82, 2.24) is 0 Å². The third kappa shape index (κ3) is 3.37. The van der Waals surface area contributed by atoms with Crippen LogP contribution < -0.4 is 9.47 Å². The number of oxime groups is 1. The van der Waals surface area contributed by atoms with Crippen LogP contribution in [0.15, 0.2) is 47.6 Å². The molecule has 1 atom stereocenters. The van der Waals surface area contributed by atoms with E-state index in [0.717, 1.165) is 11.6 Å². The Morgan fingerprint density at radius 3 is 2.88 bits per heavy atom. The van der Waals surface area contributed by atoms with Crippen molar-refractivity contribution < 1.29 is 23.5 Å². The van der Waals surface area contributed by atoms with Crippen molar-refractivity contribution in [3.8, 4) is 11.5 Å². The average molecular weight is 329 g/mol. The summed E-state index contributed by atoms with van der Waals surface area (Å²) in [6.45, 7) is 1.90. The van der Waals surface area contributed by atoms with Gasteiger partial charge in [0, 0.05) is 18.1 Å². The summed E-state index contributed by atoms with van der Waals surface area (Å²) in [6.07, 6.45) is 0.381. The van der Waals surface area contributed by atoms with Crippen LogP contribution in [0.25, 0.3) is 0 Å². The van der Waals surface area contributed by atoms with Crippen LogP contribution in [-0.4, -0.2) is 24.9 Å². The summed E-state index contributed by atoms with van der Waals surface area (Å²) in [5.74, 6) is 0.0676. The van der Waals surface area contributed by atoms with Crippen molar-refractivity contribution in [2.75, 3.05) is 7.11 Å². The van der Waals surface area contributed by atoms with Crippen molar-refractivity contribution in [1.29, 1.82) is 0 Å². The number of halogens is 1. The van der Waals surface area contributed by atoms with E-state index >= 15 is 0 Å². The number of carbonyl (C=O) groups excluding carboxylic acids is 1. The summed E-state index contributed by atoms with van der Waals surface area (Å²) in [5.41, 5.74) is 1.44. The predicted octanol–water partition coefficient (Wildman–Crippen LogP) is 3.57. The summed E-state index contributed by atoms with van der Waals surface area (Å²) >= 11 is 0. The van der Waals surface area contributed by atoms with Gasteiger partial charge in [0.05, 0.1) is 18.4 Å². The molecule has 0 amide bonds. The van der Waals surface area contributed by atoms with Gasteiger partial charge in [0.25, 0.3) is 0 Å². The van der Waals surface area contributed by atoms with E-state index in [0.29, 0.717) is 23.6 Å². The Balaban J connectivity index is 1.84. The summed E-state index contributed by atoms with van der Waals surface area (Å²) in [4.78, 5) is 17.0. The number of methoxy groups -OCH3 is 1. The molecule has 0 fully saturated rings. The number of rotatable bonds is 3. The fraction of sp³-hybridized carbons (Fsp3) is 0.222. The monoisotopic (exact) mass is 329 g/mol. The lowest BCUT2D eigenvalue weighted by Crippen LogP contribution is -2.25. The van der Waals surface area contributed by atoms with Gasteiger partial charge < -0.3 is 14.3 Å². The fourth-order valence-corrected chi connectivity index (χ4v) is 2.46. The third-order valence-electron chi connectivity index (χ3n) is 3.61. The largest absolute Gasteiger partial charge is 0.497 e. The molecule has 0 N–H and O–H groups in total. The van der Waals surface area contributed by atoms with Gasteiger partial charge >= 0.3 is 5.97 Å². The molecule has 0 spiro atoms. The lowest BCUT2D eigenvalue weighted by atomic mass is 10.0. The first-order valence-corrected chi connectivity index (χ1v) is 7.45. The number of benzene rings is 2. The van der Waals surface area contributed by atoms with Gasteiger partial charge in [-0.25, -0.2) is 9.18 Å². The Hall–Kier alpha value is -2.89. The molecule has 0 aliphatic carbocycles. The smallest absolute Gasteiger partial charge is 0.365 e. The van der Waals surface area contributed by atoms with Gasteiger partial charge in [-0.15, -0.1) is 0 Å². The molecule has 6 heteroatoms. The second kappa shape index (κ2) is 6.70. The minimum atomic E-state index is -0.712. The molecular weight excluding hydrogens is 313 g/mol. The van der Waals surface area contributed by atoms with Gasteiger partial charge in [-0.05, 0) is 37.3 Å². The number of nitrogens with zero attached hydrogens (tertiary/aromatic N) is 1. The van der Waals surface area contributed by atoms with Gasteiger partial charge in [0.15, 0.2) is 0 Å². The van der Waals surface area contributed by atoms with Crippen molar-refractivity contribution >= 4 is 11.7 Å². The second-order valence-electron chi connectivity index (χ2n) is 5.42. The molecule has 0 saturated heterocycles. The van der Waals surface area contributed by atoms with E-state index < -0.39 is 11.8 Å². The van der Waals surface area contributed by atoms with E-state index in [4.69, 9.17) is 14.3 Å². The lowest BCUT2D eigenvalue weighted by molar-refractivity contribution is 0.0512. The SMILES string of the molecule is COc1ccc2c(c1)OC(C)CC2=NOC(=O)c1cccc(F)c1. The van der Waals surface area contributed by atoms with Gasteiger partial charge in [-0.2, -0.15) is 0 Å². The number of hydrogen-bond acceptors (Lipinski definition) is 5. The molecule has 1 heterocycles. The summed E-state index contributed by atoms with van der Waals surface area (Å²) < 4.78 is 24.1. The fourth-order valence-electron chi connectivity index (χ4n) is 2.46. The average Bonchev–Trinajstić information content (AvgIpc) is 2.58. The normalized spacial score (nSPS) is 17.8. The zero-order chi connectivity index (χ0) is 17.1. The maximum atomic E-state index is 13.2. The Bertz CT molecular complexity index is 803. The van der Waals surface area contributed by atoms with Crippen LogP contribution in [0.5, 0.6) is 11.5 Å². The Morgan fingerprint density at radius 2 is 2.12 bits per heavy atom. The molecule has 5 nitrogen and oxygen atoms in total. The van der Waals surface area contributed by atoms with E-state index in [-0.39, 0.29) is 11.7 Å². The minimum Gasteiger partial charge on any atom is -0.497 e. The third-order valence-corrected chi connectivity index (χ3v) is 3.61. The van der Waals surface area contributed by atoms with E-state index in [1.165, 1.54) is 18.2 Å². The molecular formula is C18H16FNO4. The molecule has 124 valence electrons. The van der Waals surface area contributed by atoms with E-state index in [1.807, 2.05) is 6.92 Å². The molecule has 1 aliphatic rings. The predicted molar refractivity (Wildman–Crippen MR) is 86.1 cm³/mol. The zero-order valence-electron chi connectivity index (χ0n) is 13.3. The van der Waals surface area contributed by atoms with Crippen LogP contribution in [-0.2, 0) is 4.84 Å². The standard InChI is InChI=1S/C18H16FNO4/c1-11-8-16(15-7-6-14(22-2)10-17(15)23-11)20-24-18(21)12-4-3-5-13(19)9-12/h3-7,9-11H,8H2,1-2H3. The quantitative estimate of drug-likeness (QED) is 0.638. The highest BCUT2D eigenvalue weighted by Crippen LogP contribution is 2.31. The van der Waals surface area contributed by atoms with Crippen molar-refractivity contribution in [3.63, 3.8) is 0 Å². The number of hydrogen-bond donors (Lipinski definition) is 0. The van der Waals surface area contributed by atoms with Gasteiger partial charge in [-0.1, -0.05) is 11.2 Å². The molecule has 1 aliphatic heterocycles. The minimum absolute atomic E-state index is 0.106. The highest BCUT2D eigenvalue weighted by molar-refractivity contribution is 6.04. The molecule has 0 saturated carbocycles. The van der Waals surface area contributed by atoms with Crippen molar-refractivity contribution in [2.45, 2.75) is 19.4 Å². The van der Waals surface area contributed by atoms with Gasteiger partial charge in [0.2, 0.25) is 0 Å². The Kier molecular flexibility index (Phi) is 4.46. The summed E-state index contributed by atoms with van der Waals surface area (Å²) in [7, 11) is 1.57. The molecule has 2 aromatic carbocycles. The molecule has 2 aromatic rings. The van der Waals surface area contributed by atoms with Crippen LogP contribution in [0.4, 0.5) is 4.39 Å². The highest BCUT2D eigenvalue weighted by Gasteiger charge is 2.23. The lowest BCUT2D eigenvalue weighted by Gasteiger charge is -2.24. The summed E-state index contributed by atoms with van der Waals surface area (Å²) in [5, 5.41) is 3.96. The van der Waals surface area contributed by atoms with Crippen LogP contribution in [0.1, 0.15) is 29.3 Å².